The summed E-state index contributed by atoms with van der Waals surface area (Å²) in [6.07, 6.45) is 7.69. The van der Waals surface area contributed by atoms with Crippen molar-refractivity contribution in [2.75, 3.05) is 18.4 Å². The number of aryl methyl sites for hydroxylation is 1. The van der Waals surface area contributed by atoms with Gasteiger partial charge in [0, 0.05) is 6.07 Å². The van der Waals surface area contributed by atoms with Crippen molar-refractivity contribution < 1.29 is 4.79 Å². The molecule has 5 heteroatoms. The third-order valence-electron chi connectivity index (χ3n) is 4.99. The van der Waals surface area contributed by atoms with Gasteiger partial charge in [-0.2, -0.15) is 5.10 Å². The molecule has 126 valence electrons. The van der Waals surface area contributed by atoms with Crippen LogP contribution in [0.3, 0.4) is 0 Å². The predicted octanol–water partition coefficient (Wildman–Crippen LogP) is 2.75. The highest BCUT2D eigenvalue weighted by Crippen LogP contribution is 2.34. The summed E-state index contributed by atoms with van der Waals surface area (Å²) < 4.78 is 1.97. The Hall–Kier alpha value is -2.14. The zero-order valence-electron chi connectivity index (χ0n) is 13.9. The minimum absolute atomic E-state index is 0.00138. The minimum Gasteiger partial charge on any atom is -0.310 e. The van der Waals surface area contributed by atoms with E-state index in [1.54, 1.807) is 6.20 Å². The standard InChI is InChI=1S/C19H24N4O/c24-19(13-20-12-14-8-9-14)22-18-10-11-21-23(18)17-7-3-5-15-4-1-2-6-16(15)17/h1-2,4,6,10-11,14,17,20H,3,5,7-9,12-13H2,(H,22,24). The molecular formula is C19H24N4O. The van der Waals surface area contributed by atoms with E-state index in [0.717, 1.165) is 37.5 Å². The molecule has 4 rings (SSSR count). The number of carbonyl (C=O) groups is 1. The molecule has 1 aromatic carbocycles. The molecule has 24 heavy (non-hydrogen) atoms. The normalized spacial score (nSPS) is 19.8. The van der Waals surface area contributed by atoms with Crippen molar-refractivity contribution >= 4 is 11.7 Å². The van der Waals surface area contributed by atoms with Gasteiger partial charge in [-0.3, -0.25) is 4.79 Å². The van der Waals surface area contributed by atoms with Gasteiger partial charge >= 0.3 is 0 Å². The van der Waals surface area contributed by atoms with Crippen LogP contribution in [0.2, 0.25) is 0 Å². The number of carbonyl (C=O) groups excluding carboxylic acids is 1. The van der Waals surface area contributed by atoms with E-state index in [0.29, 0.717) is 6.54 Å². The fourth-order valence-corrected chi connectivity index (χ4v) is 3.54. The number of rotatable bonds is 6. The summed E-state index contributed by atoms with van der Waals surface area (Å²) in [6.45, 7) is 1.31. The Bertz CT molecular complexity index is 720. The zero-order valence-corrected chi connectivity index (χ0v) is 13.9. The van der Waals surface area contributed by atoms with Gasteiger partial charge in [-0.25, -0.2) is 4.68 Å². The molecule has 2 aliphatic rings. The molecule has 2 N–H and O–H groups in total. The Labute approximate surface area is 142 Å². The average molecular weight is 324 g/mol. The minimum atomic E-state index is 0.00138. The number of nitrogens with zero attached hydrogens (tertiary/aromatic N) is 2. The average Bonchev–Trinajstić information content (AvgIpc) is 3.32. The molecule has 0 bridgehead atoms. The number of anilines is 1. The first-order valence-corrected chi connectivity index (χ1v) is 8.93. The van der Waals surface area contributed by atoms with Crippen LogP contribution in [-0.2, 0) is 11.2 Å². The molecule has 0 saturated heterocycles. The summed E-state index contributed by atoms with van der Waals surface area (Å²) in [7, 11) is 0. The zero-order chi connectivity index (χ0) is 16.4. The molecule has 0 spiro atoms. The third kappa shape index (κ3) is 3.36. The number of hydrogen-bond donors (Lipinski definition) is 2. The SMILES string of the molecule is O=C(CNCC1CC1)Nc1ccnn1C1CCCc2ccccc21. The summed E-state index contributed by atoms with van der Waals surface area (Å²) in [5, 5.41) is 10.7. The molecule has 2 aliphatic carbocycles. The maximum Gasteiger partial charge on any atom is 0.239 e. The van der Waals surface area contributed by atoms with Crippen molar-refractivity contribution in [1.29, 1.82) is 0 Å². The van der Waals surface area contributed by atoms with Gasteiger partial charge in [-0.1, -0.05) is 24.3 Å². The largest absolute Gasteiger partial charge is 0.310 e. The second-order valence-electron chi connectivity index (χ2n) is 6.89. The van der Waals surface area contributed by atoms with Crippen LogP contribution < -0.4 is 10.6 Å². The summed E-state index contributed by atoms with van der Waals surface area (Å²) in [4.78, 5) is 12.2. The molecule has 1 saturated carbocycles. The number of hydrogen-bond acceptors (Lipinski definition) is 3. The monoisotopic (exact) mass is 324 g/mol. The van der Waals surface area contributed by atoms with Crippen LogP contribution in [0.4, 0.5) is 5.82 Å². The highest BCUT2D eigenvalue weighted by atomic mass is 16.2. The lowest BCUT2D eigenvalue weighted by Gasteiger charge is -2.27. The highest BCUT2D eigenvalue weighted by Gasteiger charge is 2.24. The number of fused-ring (bicyclic) bond motifs is 1. The molecule has 1 amide bonds. The van der Waals surface area contributed by atoms with Crippen LogP contribution in [0, 0.1) is 5.92 Å². The quantitative estimate of drug-likeness (QED) is 0.859. The lowest BCUT2D eigenvalue weighted by molar-refractivity contribution is -0.115. The van der Waals surface area contributed by atoms with Crippen LogP contribution >= 0.6 is 0 Å². The number of benzene rings is 1. The molecular weight excluding hydrogens is 300 g/mol. The van der Waals surface area contributed by atoms with Crippen molar-refractivity contribution in [3.05, 3.63) is 47.7 Å². The number of aromatic nitrogens is 2. The second kappa shape index (κ2) is 6.77. The Morgan fingerprint density at radius 2 is 2.08 bits per heavy atom. The van der Waals surface area contributed by atoms with E-state index < -0.39 is 0 Å². The van der Waals surface area contributed by atoms with Gasteiger partial charge in [0.2, 0.25) is 5.91 Å². The Morgan fingerprint density at radius 1 is 1.21 bits per heavy atom. The van der Waals surface area contributed by atoms with E-state index in [9.17, 15) is 4.79 Å². The van der Waals surface area contributed by atoms with E-state index in [1.165, 1.54) is 24.0 Å². The van der Waals surface area contributed by atoms with E-state index in [4.69, 9.17) is 0 Å². The van der Waals surface area contributed by atoms with Crippen LogP contribution in [-0.4, -0.2) is 28.8 Å². The maximum atomic E-state index is 12.2. The van der Waals surface area contributed by atoms with E-state index in [2.05, 4.69) is 40.0 Å². The second-order valence-corrected chi connectivity index (χ2v) is 6.89. The smallest absolute Gasteiger partial charge is 0.239 e. The van der Waals surface area contributed by atoms with Crippen LogP contribution in [0.25, 0.3) is 0 Å². The van der Waals surface area contributed by atoms with Gasteiger partial charge < -0.3 is 10.6 Å². The topological polar surface area (TPSA) is 59.0 Å². The van der Waals surface area contributed by atoms with Crippen molar-refractivity contribution in [3.63, 3.8) is 0 Å². The molecule has 2 aromatic rings. The molecule has 1 atom stereocenters. The first-order valence-electron chi connectivity index (χ1n) is 8.93. The molecule has 1 fully saturated rings. The lowest BCUT2D eigenvalue weighted by atomic mass is 9.88. The Morgan fingerprint density at radius 3 is 2.96 bits per heavy atom. The fourth-order valence-electron chi connectivity index (χ4n) is 3.54. The third-order valence-corrected chi connectivity index (χ3v) is 4.99. The summed E-state index contributed by atoms with van der Waals surface area (Å²) >= 11 is 0. The fraction of sp³-hybridized carbons (Fsp3) is 0.474. The molecule has 1 heterocycles. The van der Waals surface area contributed by atoms with Crippen LogP contribution in [0.5, 0.6) is 0 Å². The van der Waals surface area contributed by atoms with Gasteiger partial charge in [-0.05, 0) is 55.7 Å². The van der Waals surface area contributed by atoms with Gasteiger partial charge in [0.05, 0.1) is 18.8 Å². The van der Waals surface area contributed by atoms with Crippen LogP contribution in [0.1, 0.15) is 42.9 Å². The van der Waals surface area contributed by atoms with Crippen LogP contribution in [0.15, 0.2) is 36.5 Å². The molecule has 1 unspecified atom stereocenters. The number of amides is 1. The summed E-state index contributed by atoms with van der Waals surface area (Å²) in [5.74, 6) is 1.57. The first-order chi connectivity index (χ1) is 11.8. The predicted molar refractivity (Wildman–Crippen MR) is 94.0 cm³/mol. The Kier molecular flexibility index (Phi) is 4.34. The van der Waals surface area contributed by atoms with Crippen molar-refractivity contribution in [2.24, 2.45) is 5.92 Å². The van der Waals surface area contributed by atoms with E-state index in [-0.39, 0.29) is 11.9 Å². The molecule has 5 nitrogen and oxygen atoms in total. The highest BCUT2D eigenvalue weighted by molar-refractivity contribution is 5.91. The Balaban J connectivity index is 1.45. The molecule has 0 aliphatic heterocycles. The van der Waals surface area contributed by atoms with Gasteiger partial charge in [0.25, 0.3) is 0 Å². The van der Waals surface area contributed by atoms with Gasteiger partial charge in [0.1, 0.15) is 5.82 Å². The van der Waals surface area contributed by atoms with Gasteiger partial charge in [-0.15, -0.1) is 0 Å². The lowest BCUT2D eigenvalue weighted by Crippen LogP contribution is -2.31. The van der Waals surface area contributed by atoms with Crippen molar-refractivity contribution in [2.45, 2.75) is 38.1 Å². The summed E-state index contributed by atoms with van der Waals surface area (Å²) in [5.41, 5.74) is 2.72. The molecule has 1 aromatic heterocycles. The first kappa shape index (κ1) is 15.4. The number of nitrogens with one attached hydrogen (secondary N) is 2. The van der Waals surface area contributed by atoms with E-state index in [1.807, 2.05) is 10.7 Å². The van der Waals surface area contributed by atoms with Gasteiger partial charge in [0.15, 0.2) is 0 Å². The van der Waals surface area contributed by atoms with E-state index >= 15 is 0 Å². The summed E-state index contributed by atoms with van der Waals surface area (Å²) in [6, 6.07) is 10.7. The maximum absolute atomic E-state index is 12.2. The van der Waals surface area contributed by atoms with Crippen molar-refractivity contribution in [1.82, 2.24) is 15.1 Å². The van der Waals surface area contributed by atoms with Crippen molar-refractivity contribution in [3.8, 4) is 0 Å². The molecule has 0 radical (unpaired) electrons.